The molecule has 0 bridgehead atoms. The lowest BCUT2D eigenvalue weighted by molar-refractivity contribution is 0.0997. The van der Waals surface area contributed by atoms with E-state index in [1.54, 1.807) is 44.6 Å². The van der Waals surface area contributed by atoms with Crippen molar-refractivity contribution >= 4 is 34.1 Å². The molecule has 6 rings (SSSR count). The van der Waals surface area contributed by atoms with E-state index in [-0.39, 0.29) is 33.9 Å². The SMILES string of the molecule is COc1cc2c(cc1OC)CN(CCc1ccc(N=NN=C(N)c3cc(OC)c(OC)cc3NC(=O)c3cc(=O)c4ccccc4o3)cc1)CC2. The number of amidine groups is 1. The Kier molecular flexibility index (Phi) is 10.6. The molecule has 13 nitrogen and oxygen atoms in total. The normalized spacial score (nSPS) is 13.2. The number of carbonyl (C=O) groups excluding carboxylic acids is 1. The van der Waals surface area contributed by atoms with Gasteiger partial charge in [0.1, 0.15) is 5.58 Å². The molecule has 0 saturated heterocycles. The van der Waals surface area contributed by atoms with Crippen LogP contribution in [0, 0.1) is 0 Å². The number of methoxy groups -OCH3 is 4. The van der Waals surface area contributed by atoms with E-state index in [2.05, 4.69) is 37.8 Å². The molecule has 5 aromatic rings. The third-order valence-corrected chi connectivity index (χ3v) is 8.67. The molecule has 262 valence electrons. The second kappa shape index (κ2) is 15.6. The van der Waals surface area contributed by atoms with Crippen molar-refractivity contribution in [2.24, 2.45) is 21.2 Å². The highest BCUT2D eigenvalue weighted by Crippen LogP contribution is 2.35. The number of amides is 1. The Balaban J connectivity index is 1.13. The number of benzene rings is 4. The lowest BCUT2D eigenvalue weighted by Gasteiger charge is -2.29. The van der Waals surface area contributed by atoms with Crippen LogP contribution in [-0.4, -0.2) is 58.2 Å². The summed E-state index contributed by atoms with van der Waals surface area (Å²) < 4.78 is 27.5. The van der Waals surface area contributed by atoms with E-state index in [0.717, 1.165) is 50.0 Å². The van der Waals surface area contributed by atoms with Gasteiger partial charge in [0.05, 0.1) is 45.2 Å². The van der Waals surface area contributed by atoms with Gasteiger partial charge in [-0.1, -0.05) is 24.3 Å². The summed E-state index contributed by atoms with van der Waals surface area (Å²) in [4.78, 5) is 28.3. The molecular formula is C38H38N6O7. The van der Waals surface area contributed by atoms with Crippen LogP contribution in [-0.2, 0) is 19.4 Å². The maximum Gasteiger partial charge on any atom is 0.291 e. The minimum absolute atomic E-state index is 0.0502. The Morgan fingerprint density at radius 2 is 1.53 bits per heavy atom. The molecule has 2 heterocycles. The maximum atomic E-state index is 13.2. The summed E-state index contributed by atoms with van der Waals surface area (Å²) in [5, 5.41) is 15.3. The standard InChI is InChI=1S/C38H38N6O7/c1-47-32-17-24-14-16-44(22-25(24)18-33(32)48-2)15-13-23-9-11-26(12-10-23)41-43-42-37(39)28-19-34(49-3)35(50-4)20-29(28)40-38(46)36-21-30(45)27-7-5-6-8-31(27)51-36/h5-12,17-21H,13-16,22H2,1-4H3,(H,40,46)(H2,39,41,42). The summed E-state index contributed by atoms with van der Waals surface area (Å²) in [5.41, 5.74) is 11.1. The van der Waals surface area contributed by atoms with Crippen molar-refractivity contribution in [2.75, 3.05) is 46.8 Å². The molecule has 1 amide bonds. The fourth-order valence-electron chi connectivity index (χ4n) is 5.92. The monoisotopic (exact) mass is 690 g/mol. The summed E-state index contributed by atoms with van der Waals surface area (Å²) in [6.07, 6.45) is 1.83. The highest BCUT2D eigenvalue weighted by Gasteiger charge is 2.21. The zero-order valence-electron chi connectivity index (χ0n) is 28.8. The predicted molar refractivity (Wildman–Crippen MR) is 194 cm³/mol. The van der Waals surface area contributed by atoms with Gasteiger partial charge in [-0.25, -0.2) is 0 Å². The van der Waals surface area contributed by atoms with Crippen LogP contribution in [0.25, 0.3) is 11.0 Å². The van der Waals surface area contributed by atoms with Crippen molar-refractivity contribution < 1.29 is 28.2 Å². The fraction of sp³-hybridized carbons (Fsp3) is 0.237. The number of nitrogens with zero attached hydrogens (tertiary/aromatic N) is 4. The van der Waals surface area contributed by atoms with E-state index in [0.29, 0.717) is 22.6 Å². The topological polar surface area (TPSA) is 163 Å². The van der Waals surface area contributed by atoms with Gasteiger partial charge in [0.2, 0.25) is 0 Å². The highest BCUT2D eigenvalue weighted by atomic mass is 16.5. The Labute approximate surface area is 294 Å². The third kappa shape index (κ3) is 7.84. The van der Waals surface area contributed by atoms with Gasteiger partial charge in [-0.05, 0) is 77.2 Å². The number of ether oxygens (including phenoxy) is 4. The van der Waals surface area contributed by atoms with Gasteiger partial charge in [-0.2, -0.15) is 0 Å². The van der Waals surface area contributed by atoms with Crippen LogP contribution in [0.3, 0.4) is 0 Å². The van der Waals surface area contributed by atoms with E-state index in [9.17, 15) is 9.59 Å². The Bertz CT molecular complexity index is 2180. The maximum absolute atomic E-state index is 13.2. The number of hydrogen-bond donors (Lipinski definition) is 2. The number of fused-ring (bicyclic) bond motifs is 2. The summed E-state index contributed by atoms with van der Waals surface area (Å²) in [7, 11) is 6.25. The first-order valence-corrected chi connectivity index (χ1v) is 16.2. The van der Waals surface area contributed by atoms with Crippen LogP contribution in [0.15, 0.2) is 104 Å². The van der Waals surface area contributed by atoms with Gasteiger partial charge in [0.25, 0.3) is 5.91 Å². The second-order valence-corrected chi connectivity index (χ2v) is 11.8. The van der Waals surface area contributed by atoms with Crippen LogP contribution >= 0.6 is 0 Å². The molecule has 4 aromatic carbocycles. The highest BCUT2D eigenvalue weighted by molar-refractivity contribution is 6.09. The van der Waals surface area contributed by atoms with Crippen LogP contribution < -0.4 is 35.4 Å². The molecule has 1 aromatic heterocycles. The number of nitrogens with two attached hydrogens (primary N) is 1. The molecule has 0 spiro atoms. The smallest absolute Gasteiger partial charge is 0.291 e. The summed E-state index contributed by atoms with van der Waals surface area (Å²) in [6.45, 7) is 2.74. The first-order chi connectivity index (χ1) is 24.8. The zero-order valence-corrected chi connectivity index (χ0v) is 28.8. The van der Waals surface area contributed by atoms with E-state index >= 15 is 0 Å². The largest absolute Gasteiger partial charge is 0.493 e. The Morgan fingerprint density at radius 1 is 0.863 bits per heavy atom. The quantitative estimate of drug-likeness (QED) is 0.0683. The lowest BCUT2D eigenvalue weighted by atomic mass is 9.98. The van der Waals surface area contributed by atoms with Crippen LogP contribution in [0.5, 0.6) is 23.0 Å². The van der Waals surface area contributed by atoms with Crippen LogP contribution in [0.2, 0.25) is 0 Å². The zero-order chi connectivity index (χ0) is 35.9. The van der Waals surface area contributed by atoms with Gasteiger partial charge >= 0.3 is 0 Å². The fourth-order valence-corrected chi connectivity index (χ4v) is 5.92. The minimum atomic E-state index is -0.674. The Morgan fingerprint density at radius 3 is 2.25 bits per heavy atom. The van der Waals surface area contributed by atoms with Crippen LogP contribution in [0.1, 0.15) is 32.8 Å². The molecule has 0 fully saturated rings. The molecule has 0 radical (unpaired) electrons. The molecule has 0 aliphatic carbocycles. The Hall–Kier alpha value is -6.21. The second-order valence-electron chi connectivity index (χ2n) is 11.8. The average Bonchev–Trinajstić information content (AvgIpc) is 3.16. The van der Waals surface area contributed by atoms with Gasteiger partial charge in [-0.3, -0.25) is 14.5 Å². The number of hydrogen-bond acceptors (Lipinski definition) is 10. The number of rotatable bonds is 12. The molecule has 51 heavy (non-hydrogen) atoms. The van der Waals surface area contributed by atoms with Crippen molar-refractivity contribution in [2.45, 2.75) is 19.4 Å². The summed E-state index contributed by atoms with van der Waals surface area (Å²) in [6, 6.07) is 22.8. The molecule has 13 heteroatoms. The van der Waals surface area contributed by atoms with E-state index in [1.807, 2.05) is 24.3 Å². The molecule has 0 saturated carbocycles. The number of para-hydroxylation sites is 1. The van der Waals surface area contributed by atoms with E-state index < -0.39 is 5.91 Å². The van der Waals surface area contributed by atoms with Crippen molar-refractivity contribution in [1.29, 1.82) is 0 Å². The number of nitrogens with one attached hydrogen (secondary N) is 1. The summed E-state index contributed by atoms with van der Waals surface area (Å²) >= 11 is 0. The van der Waals surface area contributed by atoms with E-state index in [4.69, 9.17) is 29.1 Å². The van der Waals surface area contributed by atoms with Gasteiger partial charge in [0.15, 0.2) is 40.0 Å². The number of anilines is 1. The summed E-state index contributed by atoms with van der Waals surface area (Å²) in [5.74, 6) is 1.29. The first kappa shape index (κ1) is 34.6. The molecule has 3 N–H and O–H groups in total. The molecule has 1 aliphatic rings. The molecule has 0 atom stereocenters. The molecule has 0 unspecified atom stereocenters. The van der Waals surface area contributed by atoms with Crippen molar-refractivity contribution in [1.82, 2.24) is 4.90 Å². The van der Waals surface area contributed by atoms with Gasteiger partial charge in [0, 0.05) is 37.3 Å². The minimum Gasteiger partial charge on any atom is -0.493 e. The third-order valence-electron chi connectivity index (χ3n) is 8.67. The average molecular weight is 691 g/mol. The van der Waals surface area contributed by atoms with Crippen molar-refractivity contribution in [3.05, 3.63) is 117 Å². The molecular weight excluding hydrogens is 652 g/mol. The number of carbonyl (C=O) groups is 1. The van der Waals surface area contributed by atoms with Crippen LogP contribution in [0.4, 0.5) is 11.4 Å². The van der Waals surface area contributed by atoms with Crippen molar-refractivity contribution in [3.63, 3.8) is 0 Å². The van der Waals surface area contributed by atoms with E-state index in [1.165, 1.54) is 37.0 Å². The predicted octanol–water partition coefficient (Wildman–Crippen LogP) is 6.08. The van der Waals surface area contributed by atoms with Crippen molar-refractivity contribution in [3.8, 4) is 23.0 Å². The lowest BCUT2D eigenvalue weighted by Crippen LogP contribution is -2.32. The van der Waals surface area contributed by atoms with Gasteiger partial charge in [-0.15, -0.1) is 10.2 Å². The molecule has 1 aliphatic heterocycles. The van der Waals surface area contributed by atoms with Gasteiger partial charge < -0.3 is 34.4 Å². The first-order valence-electron chi connectivity index (χ1n) is 16.2.